The van der Waals surface area contributed by atoms with Gasteiger partial charge in [-0.1, -0.05) is 41.9 Å². The van der Waals surface area contributed by atoms with Gasteiger partial charge in [-0.25, -0.2) is 4.79 Å². The molecule has 172 valence electrons. The Hall–Kier alpha value is -3.23. The van der Waals surface area contributed by atoms with Crippen molar-refractivity contribution in [2.24, 2.45) is 0 Å². The van der Waals surface area contributed by atoms with Crippen LogP contribution < -0.4 is 16.6 Å². The molecule has 0 radical (unpaired) electrons. The van der Waals surface area contributed by atoms with Gasteiger partial charge in [-0.3, -0.25) is 14.2 Å². The summed E-state index contributed by atoms with van der Waals surface area (Å²) in [6.45, 7) is 4.67. The zero-order valence-corrected chi connectivity index (χ0v) is 19.3. The lowest BCUT2D eigenvalue weighted by Crippen LogP contribution is -2.46. The number of carbonyl (C=O) groups excluding carboxylic acids is 1. The van der Waals surface area contributed by atoms with Crippen molar-refractivity contribution < 1.29 is 9.53 Å². The molecule has 0 bridgehead atoms. The summed E-state index contributed by atoms with van der Waals surface area (Å²) in [5.41, 5.74) is 1.15. The fourth-order valence-electron chi connectivity index (χ4n) is 3.73. The first-order valence-electron chi connectivity index (χ1n) is 10.8. The van der Waals surface area contributed by atoms with E-state index in [1.54, 1.807) is 18.2 Å². The van der Waals surface area contributed by atoms with Crippen LogP contribution in [-0.2, 0) is 11.3 Å². The number of nitrogens with zero attached hydrogens (tertiary/aromatic N) is 3. The van der Waals surface area contributed by atoms with Gasteiger partial charge in [0, 0.05) is 18.2 Å². The maximum absolute atomic E-state index is 13.3. The smallest absolute Gasteiger partial charge is 0.352 e. The van der Waals surface area contributed by atoms with Crippen LogP contribution in [0.4, 0.5) is 0 Å². The fourth-order valence-corrected chi connectivity index (χ4v) is 3.91. The minimum absolute atomic E-state index is 0.0124. The molecule has 1 atom stereocenters. The third-order valence-corrected chi connectivity index (χ3v) is 6.19. The molecule has 1 amide bonds. The molecule has 33 heavy (non-hydrogen) atoms. The molecule has 1 fully saturated rings. The van der Waals surface area contributed by atoms with E-state index in [2.05, 4.69) is 10.4 Å². The average molecular weight is 469 g/mol. The highest BCUT2D eigenvalue weighted by molar-refractivity contribution is 6.31. The van der Waals surface area contributed by atoms with Crippen LogP contribution in [0.1, 0.15) is 40.0 Å². The highest BCUT2D eigenvalue weighted by Gasteiger charge is 2.23. The van der Waals surface area contributed by atoms with Crippen molar-refractivity contribution in [2.75, 3.05) is 13.2 Å². The zero-order chi connectivity index (χ0) is 23.5. The van der Waals surface area contributed by atoms with E-state index in [1.165, 1.54) is 0 Å². The van der Waals surface area contributed by atoms with E-state index >= 15 is 0 Å². The van der Waals surface area contributed by atoms with Gasteiger partial charge >= 0.3 is 5.69 Å². The number of ether oxygens (including phenoxy) is 1. The Labute approximate surface area is 195 Å². The molecule has 1 aliphatic heterocycles. The summed E-state index contributed by atoms with van der Waals surface area (Å²) in [6.07, 6.45) is 1.68. The van der Waals surface area contributed by atoms with Gasteiger partial charge in [-0.2, -0.15) is 9.78 Å². The molecule has 1 aliphatic rings. The van der Waals surface area contributed by atoms with Crippen molar-refractivity contribution in [1.29, 1.82) is 0 Å². The fraction of sp³-hybridized carbons (Fsp3) is 0.333. The van der Waals surface area contributed by atoms with Gasteiger partial charge < -0.3 is 10.1 Å². The number of amides is 1. The van der Waals surface area contributed by atoms with Crippen LogP contribution in [0, 0.1) is 13.8 Å². The number of halogens is 1. The van der Waals surface area contributed by atoms with Crippen LogP contribution in [-0.4, -0.2) is 39.5 Å². The number of aromatic nitrogens is 3. The van der Waals surface area contributed by atoms with Crippen LogP contribution in [0.25, 0.3) is 5.69 Å². The molecule has 1 aromatic heterocycles. The summed E-state index contributed by atoms with van der Waals surface area (Å²) in [6, 6.07) is 12.5. The molecule has 8 nitrogen and oxygen atoms in total. The number of rotatable bonds is 6. The third-order valence-electron chi connectivity index (χ3n) is 5.78. The molecule has 3 aromatic rings. The van der Waals surface area contributed by atoms with E-state index in [1.807, 2.05) is 38.1 Å². The minimum atomic E-state index is -0.748. The lowest BCUT2D eigenvalue weighted by molar-refractivity contribution is 0.0849. The molecule has 4 rings (SSSR count). The molecule has 1 unspecified atom stereocenters. The topological polar surface area (TPSA) is 95.2 Å². The Morgan fingerprint density at radius 1 is 1.18 bits per heavy atom. The molecule has 0 aliphatic carbocycles. The molecule has 1 N–H and O–H groups in total. The molecule has 2 aromatic carbocycles. The predicted octanol–water partition coefficient (Wildman–Crippen LogP) is 2.62. The number of carbonyl (C=O) groups is 1. The Kier molecular flexibility index (Phi) is 6.76. The second-order valence-electron chi connectivity index (χ2n) is 8.14. The SMILES string of the molecule is Cc1ccc(-n2nc(C(=O)NCC3CCCO3)c(=O)n(Cc3ccccc3C)c2=O)cc1Cl. The molecule has 1 saturated heterocycles. The molecule has 2 heterocycles. The number of benzene rings is 2. The van der Waals surface area contributed by atoms with E-state index < -0.39 is 17.2 Å². The average Bonchev–Trinajstić information content (AvgIpc) is 3.32. The Morgan fingerprint density at radius 2 is 1.97 bits per heavy atom. The summed E-state index contributed by atoms with van der Waals surface area (Å²) in [4.78, 5) is 39.5. The normalized spacial score (nSPS) is 15.5. The molecule has 9 heteroatoms. The second kappa shape index (κ2) is 9.72. The number of hydrogen-bond donors (Lipinski definition) is 1. The molecular weight excluding hydrogens is 444 g/mol. The largest absolute Gasteiger partial charge is 0.376 e. The van der Waals surface area contributed by atoms with Crippen molar-refractivity contribution in [3.63, 3.8) is 0 Å². The van der Waals surface area contributed by atoms with E-state index in [-0.39, 0.29) is 24.9 Å². The van der Waals surface area contributed by atoms with Gasteiger partial charge in [-0.05, 0) is 55.5 Å². The summed E-state index contributed by atoms with van der Waals surface area (Å²) in [5, 5.41) is 7.31. The summed E-state index contributed by atoms with van der Waals surface area (Å²) in [7, 11) is 0. The van der Waals surface area contributed by atoms with Crippen molar-refractivity contribution in [3.8, 4) is 5.69 Å². The number of hydrogen-bond acceptors (Lipinski definition) is 5. The first kappa shape index (κ1) is 22.9. The molecular formula is C24H25ClN4O4. The van der Waals surface area contributed by atoms with E-state index in [9.17, 15) is 14.4 Å². The highest BCUT2D eigenvalue weighted by atomic mass is 35.5. The maximum atomic E-state index is 13.3. The zero-order valence-electron chi connectivity index (χ0n) is 18.5. The van der Waals surface area contributed by atoms with Gasteiger partial charge in [0.2, 0.25) is 5.69 Å². The Morgan fingerprint density at radius 3 is 2.67 bits per heavy atom. The minimum Gasteiger partial charge on any atom is -0.376 e. The third kappa shape index (κ3) is 4.91. The van der Waals surface area contributed by atoms with Crippen molar-refractivity contribution >= 4 is 17.5 Å². The van der Waals surface area contributed by atoms with Crippen LogP contribution >= 0.6 is 11.6 Å². The van der Waals surface area contributed by atoms with E-state index in [0.29, 0.717) is 17.3 Å². The highest BCUT2D eigenvalue weighted by Crippen LogP contribution is 2.18. The first-order chi connectivity index (χ1) is 15.8. The van der Waals surface area contributed by atoms with Gasteiger partial charge in [0.15, 0.2) is 0 Å². The Balaban J connectivity index is 1.80. The molecule has 0 saturated carbocycles. The lowest BCUT2D eigenvalue weighted by atomic mass is 10.1. The van der Waals surface area contributed by atoms with Crippen molar-refractivity contribution in [2.45, 2.75) is 39.3 Å². The van der Waals surface area contributed by atoms with E-state index in [0.717, 1.165) is 38.8 Å². The van der Waals surface area contributed by atoms with Crippen LogP contribution in [0.3, 0.4) is 0 Å². The molecule has 0 spiro atoms. The first-order valence-corrected chi connectivity index (χ1v) is 11.2. The summed E-state index contributed by atoms with van der Waals surface area (Å²) < 4.78 is 7.61. The van der Waals surface area contributed by atoms with Crippen LogP contribution in [0.15, 0.2) is 52.1 Å². The second-order valence-corrected chi connectivity index (χ2v) is 8.55. The predicted molar refractivity (Wildman–Crippen MR) is 125 cm³/mol. The maximum Gasteiger partial charge on any atom is 0.352 e. The van der Waals surface area contributed by atoms with Gasteiger partial charge in [0.05, 0.1) is 18.3 Å². The van der Waals surface area contributed by atoms with Crippen molar-refractivity contribution in [1.82, 2.24) is 19.7 Å². The Bertz CT molecular complexity index is 1310. The number of nitrogens with one attached hydrogen (secondary N) is 1. The van der Waals surface area contributed by atoms with Crippen molar-refractivity contribution in [3.05, 3.63) is 90.7 Å². The van der Waals surface area contributed by atoms with Crippen LogP contribution in [0.2, 0.25) is 5.02 Å². The monoisotopic (exact) mass is 468 g/mol. The lowest BCUT2D eigenvalue weighted by Gasteiger charge is -2.14. The quantitative estimate of drug-likeness (QED) is 0.600. The standard InChI is InChI=1S/C24H25ClN4O4/c1-15-6-3-4-7-17(15)14-28-23(31)21(22(30)26-13-19-8-5-11-33-19)27-29(24(28)32)18-10-9-16(2)20(25)12-18/h3-4,6-7,9-10,12,19H,5,8,11,13-14H2,1-2H3,(H,26,30). The van der Waals surface area contributed by atoms with Gasteiger partial charge in [0.25, 0.3) is 11.5 Å². The summed E-state index contributed by atoms with van der Waals surface area (Å²) >= 11 is 6.26. The number of aryl methyl sites for hydroxylation is 2. The van der Waals surface area contributed by atoms with E-state index in [4.69, 9.17) is 16.3 Å². The van der Waals surface area contributed by atoms with Crippen LogP contribution in [0.5, 0.6) is 0 Å². The van der Waals surface area contributed by atoms with Gasteiger partial charge in [-0.15, -0.1) is 0 Å². The summed E-state index contributed by atoms with van der Waals surface area (Å²) in [5.74, 6) is -0.652. The van der Waals surface area contributed by atoms with Gasteiger partial charge in [0.1, 0.15) is 0 Å².